The average Bonchev–Trinajstić information content (AvgIpc) is 3.73. The number of para-hydroxylation sites is 3. The van der Waals surface area contributed by atoms with Gasteiger partial charge in [0.25, 0.3) is 0 Å². The molecule has 0 saturated carbocycles. The van der Waals surface area contributed by atoms with Crippen LogP contribution in [0.1, 0.15) is 0 Å². The van der Waals surface area contributed by atoms with Crippen molar-refractivity contribution in [3.63, 3.8) is 0 Å². The molecular formula is C59H38N2. The van der Waals surface area contributed by atoms with E-state index < -0.39 is 0 Å². The SMILES string of the molecule is c1ccc(-c2c3ccccc3c(-c3ccccc3)c3cc(-c4c5ccccc5c(-c5cccc(-c6nc7ccccc7n6-c6ccccc6)c5)c5ccccc45)ccc23)cc1. The first-order chi connectivity index (χ1) is 30.3. The third-order valence-corrected chi connectivity index (χ3v) is 12.4. The molecule has 0 fully saturated rings. The molecule has 61 heavy (non-hydrogen) atoms. The van der Waals surface area contributed by atoms with E-state index >= 15 is 0 Å². The lowest BCUT2D eigenvalue weighted by molar-refractivity contribution is 1.10. The Bertz CT molecular complexity index is 3570. The first-order valence-corrected chi connectivity index (χ1v) is 21.0. The van der Waals surface area contributed by atoms with Crippen LogP contribution in [0.4, 0.5) is 0 Å². The second-order valence-electron chi connectivity index (χ2n) is 15.8. The molecule has 12 rings (SSSR count). The Morgan fingerprint density at radius 1 is 0.262 bits per heavy atom. The van der Waals surface area contributed by atoms with Crippen LogP contribution in [0.15, 0.2) is 231 Å². The molecule has 0 unspecified atom stereocenters. The van der Waals surface area contributed by atoms with Crippen LogP contribution in [0, 0.1) is 0 Å². The molecule has 0 atom stereocenters. The molecule has 0 aliphatic carbocycles. The third kappa shape index (κ3) is 5.68. The Hall–Kier alpha value is -8.07. The molecule has 0 spiro atoms. The Morgan fingerprint density at radius 3 is 1.21 bits per heavy atom. The van der Waals surface area contributed by atoms with Crippen molar-refractivity contribution in [3.05, 3.63) is 231 Å². The van der Waals surface area contributed by atoms with Gasteiger partial charge in [0.05, 0.1) is 11.0 Å². The summed E-state index contributed by atoms with van der Waals surface area (Å²) in [5.41, 5.74) is 14.0. The Kier molecular flexibility index (Phi) is 8.21. The van der Waals surface area contributed by atoms with E-state index in [4.69, 9.17) is 4.98 Å². The molecule has 0 bridgehead atoms. The van der Waals surface area contributed by atoms with E-state index in [9.17, 15) is 0 Å². The van der Waals surface area contributed by atoms with E-state index in [1.807, 2.05) is 0 Å². The summed E-state index contributed by atoms with van der Waals surface area (Å²) in [7, 11) is 0. The van der Waals surface area contributed by atoms with Crippen LogP contribution in [0.5, 0.6) is 0 Å². The van der Waals surface area contributed by atoms with Crippen LogP contribution in [0.2, 0.25) is 0 Å². The van der Waals surface area contributed by atoms with Gasteiger partial charge in [-0.1, -0.05) is 194 Å². The minimum Gasteiger partial charge on any atom is -0.292 e. The molecule has 1 aromatic heterocycles. The molecular weight excluding hydrogens is 737 g/mol. The van der Waals surface area contributed by atoms with Crippen molar-refractivity contribution in [2.24, 2.45) is 0 Å². The van der Waals surface area contributed by atoms with E-state index in [0.29, 0.717) is 0 Å². The van der Waals surface area contributed by atoms with Gasteiger partial charge in [-0.05, 0) is 124 Å². The fourth-order valence-electron chi connectivity index (χ4n) is 9.79. The molecule has 12 aromatic rings. The highest BCUT2D eigenvalue weighted by molar-refractivity contribution is 6.25. The van der Waals surface area contributed by atoms with Gasteiger partial charge < -0.3 is 0 Å². The van der Waals surface area contributed by atoms with Crippen molar-refractivity contribution < 1.29 is 0 Å². The number of nitrogens with zero attached hydrogens (tertiary/aromatic N) is 2. The lowest BCUT2D eigenvalue weighted by Crippen LogP contribution is -1.97. The number of rotatable bonds is 6. The van der Waals surface area contributed by atoms with Gasteiger partial charge in [-0.3, -0.25) is 4.57 Å². The minimum absolute atomic E-state index is 0.923. The summed E-state index contributed by atoms with van der Waals surface area (Å²) in [4.78, 5) is 5.23. The Morgan fingerprint density at radius 2 is 0.656 bits per heavy atom. The molecule has 0 saturated heterocycles. The molecule has 0 aliphatic rings. The summed E-state index contributed by atoms with van der Waals surface area (Å²) in [5.74, 6) is 0.923. The van der Waals surface area contributed by atoms with E-state index in [0.717, 1.165) is 33.7 Å². The molecule has 0 amide bonds. The molecule has 284 valence electrons. The monoisotopic (exact) mass is 774 g/mol. The van der Waals surface area contributed by atoms with Crippen LogP contribution in [-0.2, 0) is 0 Å². The molecule has 0 radical (unpaired) electrons. The van der Waals surface area contributed by atoms with E-state index in [2.05, 4.69) is 235 Å². The topological polar surface area (TPSA) is 17.8 Å². The normalized spacial score (nSPS) is 11.6. The van der Waals surface area contributed by atoms with Crippen LogP contribution >= 0.6 is 0 Å². The molecule has 2 nitrogen and oxygen atoms in total. The highest BCUT2D eigenvalue weighted by Gasteiger charge is 2.22. The predicted octanol–water partition coefficient (Wildman–Crippen LogP) is 16.0. The van der Waals surface area contributed by atoms with Crippen molar-refractivity contribution >= 4 is 54.1 Å². The number of hydrogen-bond acceptors (Lipinski definition) is 1. The maximum atomic E-state index is 5.23. The first-order valence-electron chi connectivity index (χ1n) is 21.0. The quantitative estimate of drug-likeness (QED) is 0.154. The highest BCUT2D eigenvalue weighted by Crippen LogP contribution is 2.48. The lowest BCUT2D eigenvalue weighted by Gasteiger charge is -2.21. The van der Waals surface area contributed by atoms with Gasteiger partial charge in [0, 0.05) is 11.3 Å². The fourth-order valence-corrected chi connectivity index (χ4v) is 9.79. The molecule has 0 N–H and O–H groups in total. The zero-order valence-corrected chi connectivity index (χ0v) is 33.3. The van der Waals surface area contributed by atoms with Gasteiger partial charge in [0.15, 0.2) is 0 Å². The van der Waals surface area contributed by atoms with Crippen molar-refractivity contribution in [2.45, 2.75) is 0 Å². The summed E-state index contributed by atoms with van der Waals surface area (Å²) in [6, 6.07) is 83.7. The largest absolute Gasteiger partial charge is 0.292 e. The van der Waals surface area contributed by atoms with Gasteiger partial charge in [-0.25, -0.2) is 4.98 Å². The lowest BCUT2D eigenvalue weighted by atomic mass is 9.82. The Labute approximate surface area is 354 Å². The second kappa shape index (κ2) is 14.3. The summed E-state index contributed by atoms with van der Waals surface area (Å²) in [6.45, 7) is 0. The number of fused-ring (bicyclic) bond motifs is 5. The zero-order chi connectivity index (χ0) is 40.3. The summed E-state index contributed by atoms with van der Waals surface area (Å²) < 4.78 is 2.28. The van der Waals surface area contributed by atoms with E-state index in [1.54, 1.807) is 0 Å². The number of imidazole rings is 1. The Balaban J connectivity index is 1.12. The van der Waals surface area contributed by atoms with Gasteiger partial charge in [-0.15, -0.1) is 0 Å². The molecule has 1 heterocycles. The van der Waals surface area contributed by atoms with Crippen LogP contribution in [-0.4, -0.2) is 9.55 Å². The van der Waals surface area contributed by atoms with E-state index in [1.165, 1.54) is 82.0 Å². The van der Waals surface area contributed by atoms with Gasteiger partial charge in [0.1, 0.15) is 5.82 Å². The smallest absolute Gasteiger partial charge is 0.145 e. The summed E-state index contributed by atoms with van der Waals surface area (Å²) >= 11 is 0. The molecule has 0 aliphatic heterocycles. The van der Waals surface area contributed by atoms with Gasteiger partial charge in [0.2, 0.25) is 0 Å². The maximum Gasteiger partial charge on any atom is 0.145 e. The standard InChI is InChI=1S/C59H38N2/c1-4-19-39(20-5-1)55-45-27-10-11-28-46(45)56(40-21-6-2-7-22-40)52-38-42(35-36-51(52)55)58-49-31-14-12-29-47(49)57(48-30-13-15-32-50(48)58)41-23-18-24-43(37-41)59-60-53-33-16-17-34-54(53)61(59)44-25-8-3-9-26-44/h1-38H. The first kappa shape index (κ1) is 34.9. The molecule has 11 aromatic carbocycles. The highest BCUT2D eigenvalue weighted by atomic mass is 15.1. The number of hydrogen-bond donors (Lipinski definition) is 0. The van der Waals surface area contributed by atoms with Crippen LogP contribution in [0.25, 0.3) is 116 Å². The molecule has 2 heteroatoms. The summed E-state index contributed by atoms with van der Waals surface area (Å²) in [6.07, 6.45) is 0. The summed E-state index contributed by atoms with van der Waals surface area (Å²) in [5, 5.41) is 9.89. The van der Waals surface area contributed by atoms with Gasteiger partial charge in [-0.2, -0.15) is 0 Å². The maximum absolute atomic E-state index is 5.23. The average molecular weight is 775 g/mol. The van der Waals surface area contributed by atoms with E-state index in [-0.39, 0.29) is 0 Å². The van der Waals surface area contributed by atoms with Gasteiger partial charge >= 0.3 is 0 Å². The van der Waals surface area contributed by atoms with Crippen molar-refractivity contribution in [1.82, 2.24) is 9.55 Å². The van der Waals surface area contributed by atoms with Crippen LogP contribution in [0.3, 0.4) is 0 Å². The predicted molar refractivity (Wildman–Crippen MR) is 258 cm³/mol. The third-order valence-electron chi connectivity index (χ3n) is 12.4. The minimum atomic E-state index is 0.923. The number of aromatic nitrogens is 2. The van der Waals surface area contributed by atoms with Crippen molar-refractivity contribution in [2.75, 3.05) is 0 Å². The zero-order valence-electron chi connectivity index (χ0n) is 33.3. The van der Waals surface area contributed by atoms with Crippen LogP contribution < -0.4 is 0 Å². The van der Waals surface area contributed by atoms with Crippen molar-refractivity contribution in [1.29, 1.82) is 0 Å². The van der Waals surface area contributed by atoms with Crippen molar-refractivity contribution in [3.8, 4) is 61.6 Å². The number of benzene rings is 11. The second-order valence-corrected chi connectivity index (χ2v) is 15.8. The fraction of sp³-hybridized carbons (Fsp3) is 0.